The lowest BCUT2D eigenvalue weighted by atomic mass is 9.82. The summed E-state index contributed by atoms with van der Waals surface area (Å²) < 4.78 is 0. The first kappa shape index (κ1) is 13.1. The second-order valence-corrected chi connectivity index (χ2v) is 6.10. The van der Waals surface area contributed by atoms with Gasteiger partial charge in [0.1, 0.15) is 0 Å². The van der Waals surface area contributed by atoms with E-state index in [2.05, 4.69) is 70.2 Å². The lowest BCUT2D eigenvalue weighted by molar-refractivity contribution is 0.660. The van der Waals surface area contributed by atoms with E-state index in [1.54, 1.807) is 0 Å². The minimum absolute atomic E-state index is 0.0670. The van der Waals surface area contributed by atoms with Gasteiger partial charge in [0, 0.05) is 11.1 Å². The molecule has 0 fully saturated rings. The van der Waals surface area contributed by atoms with E-state index in [1.807, 2.05) is 0 Å². The lowest BCUT2D eigenvalue weighted by Gasteiger charge is -2.21. The summed E-state index contributed by atoms with van der Waals surface area (Å²) >= 11 is 0. The maximum atomic E-state index is 4.70. The van der Waals surface area contributed by atoms with Crippen molar-refractivity contribution in [3.63, 3.8) is 0 Å². The molecule has 20 heavy (non-hydrogen) atoms. The van der Waals surface area contributed by atoms with E-state index in [-0.39, 0.29) is 5.41 Å². The fourth-order valence-corrected chi connectivity index (χ4v) is 3.06. The lowest BCUT2D eigenvalue weighted by Crippen LogP contribution is -2.14. The highest BCUT2D eigenvalue weighted by Gasteiger charge is 2.34. The molecule has 0 aliphatic heterocycles. The Kier molecular flexibility index (Phi) is 3.01. The fourth-order valence-electron chi connectivity index (χ4n) is 3.06. The number of aliphatic imine (C=N–C) groups is 1. The van der Waals surface area contributed by atoms with Crippen LogP contribution in [0.1, 0.15) is 45.2 Å². The Balaban J connectivity index is 2.18. The van der Waals surface area contributed by atoms with Crippen molar-refractivity contribution in [2.75, 3.05) is 0 Å². The number of rotatable bonds is 2. The van der Waals surface area contributed by atoms with E-state index in [1.165, 1.54) is 28.0 Å². The summed E-state index contributed by atoms with van der Waals surface area (Å²) in [4.78, 5) is 4.70. The molecule has 0 saturated heterocycles. The summed E-state index contributed by atoms with van der Waals surface area (Å²) in [5, 5.41) is 0. The van der Waals surface area contributed by atoms with Gasteiger partial charge >= 0.3 is 0 Å². The molecule has 0 heterocycles. The van der Waals surface area contributed by atoms with Crippen molar-refractivity contribution in [1.29, 1.82) is 0 Å². The van der Waals surface area contributed by atoms with Crippen LogP contribution in [0.4, 0.5) is 5.69 Å². The second-order valence-electron chi connectivity index (χ2n) is 6.10. The zero-order valence-corrected chi connectivity index (χ0v) is 12.7. The normalized spacial score (nSPS) is 15.9. The van der Waals surface area contributed by atoms with Crippen LogP contribution in [0.25, 0.3) is 11.1 Å². The SMILES string of the molecule is CCC(C)=Nc1ccc2c(c1)C(C)(C)c1ccccc1-2. The number of benzene rings is 2. The molecule has 0 bridgehead atoms. The highest BCUT2D eigenvalue weighted by molar-refractivity contribution is 5.86. The third-order valence-electron chi connectivity index (χ3n) is 4.40. The van der Waals surface area contributed by atoms with Crippen LogP contribution < -0.4 is 0 Å². The van der Waals surface area contributed by atoms with E-state index < -0.39 is 0 Å². The highest BCUT2D eigenvalue weighted by Crippen LogP contribution is 2.49. The average molecular weight is 263 g/mol. The molecule has 0 unspecified atom stereocenters. The maximum absolute atomic E-state index is 4.70. The Hall–Kier alpha value is -1.89. The summed E-state index contributed by atoms with van der Waals surface area (Å²) in [6, 6.07) is 15.3. The van der Waals surface area contributed by atoms with Crippen molar-refractivity contribution in [2.45, 2.75) is 39.5 Å². The molecule has 1 heteroatoms. The van der Waals surface area contributed by atoms with Crippen LogP contribution in [-0.4, -0.2) is 5.71 Å². The van der Waals surface area contributed by atoms with Gasteiger partial charge in [-0.3, -0.25) is 4.99 Å². The molecule has 1 aliphatic carbocycles. The number of fused-ring (bicyclic) bond motifs is 3. The predicted molar refractivity (Wildman–Crippen MR) is 87.1 cm³/mol. The largest absolute Gasteiger partial charge is 0.258 e. The van der Waals surface area contributed by atoms with Crippen molar-refractivity contribution >= 4 is 11.4 Å². The van der Waals surface area contributed by atoms with Crippen molar-refractivity contribution < 1.29 is 0 Å². The van der Waals surface area contributed by atoms with Gasteiger partial charge in [-0.25, -0.2) is 0 Å². The van der Waals surface area contributed by atoms with E-state index >= 15 is 0 Å². The van der Waals surface area contributed by atoms with Crippen molar-refractivity contribution in [3.05, 3.63) is 53.6 Å². The minimum atomic E-state index is 0.0670. The zero-order chi connectivity index (χ0) is 14.3. The molecule has 0 aromatic heterocycles. The van der Waals surface area contributed by atoms with Gasteiger partial charge in [0.2, 0.25) is 0 Å². The Morgan fingerprint density at radius 1 is 1.00 bits per heavy atom. The van der Waals surface area contributed by atoms with Gasteiger partial charge in [0.25, 0.3) is 0 Å². The molecule has 3 rings (SSSR count). The summed E-state index contributed by atoms with van der Waals surface area (Å²) in [7, 11) is 0. The summed E-state index contributed by atoms with van der Waals surface area (Å²) in [6.45, 7) is 8.84. The van der Waals surface area contributed by atoms with Crippen molar-refractivity contribution in [2.24, 2.45) is 4.99 Å². The molecule has 1 aliphatic rings. The van der Waals surface area contributed by atoms with Crippen LogP contribution in [-0.2, 0) is 5.41 Å². The van der Waals surface area contributed by atoms with E-state index in [9.17, 15) is 0 Å². The van der Waals surface area contributed by atoms with Crippen LogP contribution in [0.5, 0.6) is 0 Å². The van der Waals surface area contributed by atoms with Gasteiger partial charge in [0.05, 0.1) is 5.69 Å². The Morgan fingerprint density at radius 2 is 1.70 bits per heavy atom. The standard InChI is InChI=1S/C19H21N/c1-5-13(2)20-14-10-11-16-15-8-6-7-9-17(15)19(3,4)18(16)12-14/h6-12H,5H2,1-4H3. The minimum Gasteiger partial charge on any atom is -0.258 e. The van der Waals surface area contributed by atoms with Crippen molar-refractivity contribution in [1.82, 2.24) is 0 Å². The molecule has 2 aromatic rings. The van der Waals surface area contributed by atoms with Gasteiger partial charge in [0.15, 0.2) is 0 Å². The number of hydrogen-bond acceptors (Lipinski definition) is 1. The first-order chi connectivity index (χ1) is 9.54. The number of nitrogens with zero attached hydrogens (tertiary/aromatic N) is 1. The molecule has 102 valence electrons. The van der Waals surface area contributed by atoms with Gasteiger partial charge in [-0.1, -0.05) is 51.1 Å². The maximum Gasteiger partial charge on any atom is 0.0632 e. The fraction of sp³-hybridized carbons (Fsp3) is 0.316. The van der Waals surface area contributed by atoms with Crippen LogP contribution in [0.2, 0.25) is 0 Å². The number of hydrogen-bond donors (Lipinski definition) is 0. The molecule has 0 saturated carbocycles. The Labute approximate surface area is 121 Å². The van der Waals surface area contributed by atoms with Gasteiger partial charge < -0.3 is 0 Å². The smallest absolute Gasteiger partial charge is 0.0632 e. The van der Waals surface area contributed by atoms with Gasteiger partial charge in [-0.15, -0.1) is 0 Å². The van der Waals surface area contributed by atoms with Crippen LogP contribution in [0.15, 0.2) is 47.5 Å². The topological polar surface area (TPSA) is 12.4 Å². The molecule has 0 amide bonds. The summed E-state index contributed by atoms with van der Waals surface area (Å²) in [5.41, 5.74) is 7.86. The van der Waals surface area contributed by atoms with E-state index in [4.69, 9.17) is 4.99 Å². The first-order valence-electron chi connectivity index (χ1n) is 7.32. The molecule has 0 radical (unpaired) electrons. The molecular formula is C19H21N. The van der Waals surface area contributed by atoms with E-state index in [0.717, 1.165) is 12.1 Å². The predicted octanol–water partition coefficient (Wildman–Crippen LogP) is 5.50. The monoisotopic (exact) mass is 263 g/mol. The third kappa shape index (κ3) is 1.89. The molecule has 0 spiro atoms. The van der Waals surface area contributed by atoms with Crippen LogP contribution >= 0.6 is 0 Å². The summed E-state index contributed by atoms with van der Waals surface area (Å²) in [5.74, 6) is 0. The molecular weight excluding hydrogens is 242 g/mol. The van der Waals surface area contributed by atoms with Crippen LogP contribution in [0.3, 0.4) is 0 Å². The van der Waals surface area contributed by atoms with Crippen molar-refractivity contribution in [3.8, 4) is 11.1 Å². The first-order valence-corrected chi connectivity index (χ1v) is 7.32. The second kappa shape index (κ2) is 4.59. The van der Waals surface area contributed by atoms with Gasteiger partial charge in [-0.2, -0.15) is 0 Å². The summed E-state index contributed by atoms with van der Waals surface area (Å²) in [6.07, 6.45) is 1.00. The van der Waals surface area contributed by atoms with Gasteiger partial charge in [-0.05, 0) is 47.7 Å². The van der Waals surface area contributed by atoms with E-state index in [0.29, 0.717) is 0 Å². The molecule has 0 N–H and O–H groups in total. The molecule has 2 aromatic carbocycles. The average Bonchev–Trinajstić information content (AvgIpc) is 2.68. The molecule has 1 nitrogen and oxygen atoms in total. The quantitative estimate of drug-likeness (QED) is 0.635. The Bertz CT molecular complexity index is 693. The highest BCUT2D eigenvalue weighted by atomic mass is 14.7. The molecule has 0 atom stereocenters. The van der Waals surface area contributed by atoms with Crippen LogP contribution in [0, 0.1) is 0 Å². The third-order valence-corrected chi connectivity index (χ3v) is 4.40. The zero-order valence-electron chi connectivity index (χ0n) is 12.7. The Morgan fingerprint density at radius 3 is 2.45 bits per heavy atom.